The van der Waals surface area contributed by atoms with Crippen LogP contribution in [0.4, 0.5) is 0 Å². The Morgan fingerprint density at radius 3 is 2.68 bits per heavy atom. The molecule has 1 N–H and O–H groups in total. The first-order chi connectivity index (χ1) is 10.7. The van der Waals surface area contributed by atoms with Gasteiger partial charge in [-0.2, -0.15) is 0 Å². The van der Waals surface area contributed by atoms with E-state index in [1.165, 1.54) is 12.0 Å². The number of aliphatic carboxylic acids is 1. The van der Waals surface area contributed by atoms with Crippen molar-refractivity contribution in [1.82, 2.24) is 9.80 Å². The molecule has 0 saturated carbocycles. The van der Waals surface area contributed by atoms with E-state index in [2.05, 4.69) is 47.1 Å². The molecule has 0 aromatic heterocycles. The molecule has 0 amide bonds. The number of hydrogen-bond donors (Lipinski definition) is 1. The van der Waals surface area contributed by atoms with Crippen molar-refractivity contribution in [2.75, 3.05) is 26.2 Å². The SMILES string of the molecule is CCC1CN(CCCCC(=O)O)CCN1Cc1ccccc1. The number of rotatable bonds is 8. The molecule has 1 fully saturated rings. The van der Waals surface area contributed by atoms with Gasteiger partial charge in [-0.05, 0) is 31.4 Å². The summed E-state index contributed by atoms with van der Waals surface area (Å²) in [6.07, 6.45) is 3.24. The standard InChI is InChI=1S/C18H28N2O2/c1-2-17-15-19(11-7-6-10-18(21)22)12-13-20(17)14-16-8-4-3-5-9-16/h3-5,8-9,17H,2,6-7,10-15H2,1H3,(H,21,22). The predicted molar refractivity (Wildman–Crippen MR) is 88.9 cm³/mol. The molecular weight excluding hydrogens is 276 g/mol. The average Bonchev–Trinajstić information content (AvgIpc) is 2.53. The van der Waals surface area contributed by atoms with Gasteiger partial charge >= 0.3 is 5.97 Å². The van der Waals surface area contributed by atoms with Crippen LogP contribution in [0.25, 0.3) is 0 Å². The molecule has 0 spiro atoms. The highest BCUT2D eigenvalue weighted by molar-refractivity contribution is 5.66. The van der Waals surface area contributed by atoms with Crippen molar-refractivity contribution in [3.8, 4) is 0 Å². The first-order valence-corrected chi connectivity index (χ1v) is 8.41. The van der Waals surface area contributed by atoms with Gasteiger partial charge in [-0.3, -0.25) is 9.69 Å². The van der Waals surface area contributed by atoms with E-state index in [0.717, 1.165) is 45.6 Å². The molecule has 122 valence electrons. The molecule has 4 nitrogen and oxygen atoms in total. The van der Waals surface area contributed by atoms with E-state index in [4.69, 9.17) is 5.11 Å². The smallest absolute Gasteiger partial charge is 0.303 e. The van der Waals surface area contributed by atoms with Gasteiger partial charge in [0.2, 0.25) is 0 Å². The third kappa shape index (κ3) is 5.43. The molecule has 1 atom stereocenters. The second-order valence-electron chi connectivity index (χ2n) is 6.17. The minimum atomic E-state index is -0.681. The summed E-state index contributed by atoms with van der Waals surface area (Å²) >= 11 is 0. The highest BCUT2D eigenvalue weighted by Crippen LogP contribution is 2.17. The largest absolute Gasteiger partial charge is 0.481 e. The van der Waals surface area contributed by atoms with Crippen molar-refractivity contribution in [2.45, 2.75) is 45.2 Å². The monoisotopic (exact) mass is 304 g/mol. The lowest BCUT2D eigenvalue weighted by Gasteiger charge is -2.41. The Morgan fingerprint density at radius 1 is 1.23 bits per heavy atom. The molecule has 0 aliphatic carbocycles. The number of carbonyl (C=O) groups is 1. The van der Waals surface area contributed by atoms with Crippen LogP contribution in [0.3, 0.4) is 0 Å². The van der Waals surface area contributed by atoms with Crippen LogP contribution >= 0.6 is 0 Å². The second kappa shape index (κ2) is 8.91. The molecule has 1 heterocycles. The van der Waals surface area contributed by atoms with Gasteiger partial charge in [0, 0.05) is 38.6 Å². The lowest BCUT2D eigenvalue weighted by Crippen LogP contribution is -2.52. The van der Waals surface area contributed by atoms with Crippen LogP contribution in [0.5, 0.6) is 0 Å². The number of unbranched alkanes of at least 4 members (excludes halogenated alkanes) is 1. The van der Waals surface area contributed by atoms with Crippen LogP contribution in [-0.4, -0.2) is 53.1 Å². The van der Waals surface area contributed by atoms with E-state index < -0.39 is 5.97 Å². The molecule has 1 unspecified atom stereocenters. The van der Waals surface area contributed by atoms with Crippen LogP contribution in [0, 0.1) is 0 Å². The van der Waals surface area contributed by atoms with E-state index in [9.17, 15) is 4.79 Å². The van der Waals surface area contributed by atoms with Crippen molar-refractivity contribution in [3.63, 3.8) is 0 Å². The van der Waals surface area contributed by atoms with Crippen molar-refractivity contribution < 1.29 is 9.90 Å². The zero-order valence-corrected chi connectivity index (χ0v) is 13.6. The van der Waals surface area contributed by atoms with E-state index in [-0.39, 0.29) is 0 Å². The number of piperazine rings is 1. The van der Waals surface area contributed by atoms with Crippen molar-refractivity contribution >= 4 is 5.97 Å². The molecule has 0 bridgehead atoms. The predicted octanol–water partition coefficient (Wildman–Crippen LogP) is 2.84. The fraction of sp³-hybridized carbons (Fsp3) is 0.611. The van der Waals surface area contributed by atoms with E-state index in [1.54, 1.807) is 0 Å². The van der Waals surface area contributed by atoms with Crippen LogP contribution in [0.2, 0.25) is 0 Å². The zero-order valence-electron chi connectivity index (χ0n) is 13.6. The Hall–Kier alpha value is -1.39. The van der Waals surface area contributed by atoms with Gasteiger partial charge < -0.3 is 10.0 Å². The summed E-state index contributed by atoms with van der Waals surface area (Å²) < 4.78 is 0. The van der Waals surface area contributed by atoms with Crippen LogP contribution < -0.4 is 0 Å². The van der Waals surface area contributed by atoms with Crippen molar-refractivity contribution in [1.29, 1.82) is 0 Å². The van der Waals surface area contributed by atoms with Crippen molar-refractivity contribution in [3.05, 3.63) is 35.9 Å². The summed E-state index contributed by atoms with van der Waals surface area (Å²) in [7, 11) is 0. The second-order valence-corrected chi connectivity index (χ2v) is 6.17. The Morgan fingerprint density at radius 2 is 2.00 bits per heavy atom. The number of carboxylic acids is 1. The molecule has 4 heteroatoms. The quantitative estimate of drug-likeness (QED) is 0.750. The molecule has 1 aromatic carbocycles. The Kier molecular flexibility index (Phi) is 6.87. The first kappa shape index (κ1) is 17.0. The number of carboxylic acid groups (broad SMARTS) is 1. The summed E-state index contributed by atoms with van der Waals surface area (Å²) in [4.78, 5) is 15.6. The molecule has 1 saturated heterocycles. The third-order valence-corrected chi connectivity index (χ3v) is 4.50. The summed E-state index contributed by atoms with van der Waals surface area (Å²) in [5, 5.41) is 8.69. The molecule has 1 aromatic rings. The molecule has 1 aliphatic heterocycles. The maximum absolute atomic E-state index is 10.5. The van der Waals surface area contributed by atoms with E-state index in [0.29, 0.717) is 12.5 Å². The van der Waals surface area contributed by atoms with Gasteiger partial charge in [-0.25, -0.2) is 0 Å². The molecule has 22 heavy (non-hydrogen) atoms. The number of nitrogens with zero attached hydrogens (tertiary/aromatic N) is 2. The van der Waals surface area contributed by atoms with Crippen molar-refractivity contribution in [2.24, 2.45) is 0 Å². The average molecular weight is 304 g/mol. The number of hydrogen-bond acceptors (Lipinski definition) is 3. The Labute approximate surface area is 133 Å². The van der Waals surface area contributed by atoms with Gasteiger partial charge in [0.1, 0.15) is 0 Å². The fourth-order valence-corrected chi connectivity index (χ4v) is 3.19. The topological polar surface area (TPSA) is 43.8 Å². The summed E-state index contributed by atoms with van der Waals surface area (Å²) in [5.41, 5.74) is 1.39. The zero-order chi connectivity index (χ0) is 15.8. The highest BCUT2D eigenvalue weighted by Gasteiger charge is 2.25. The number of benzene rings is 1. The van der Waals surface area contributed by atoms with E-state index in [1.807, 2.05) is 0 Å². The Bertz CT molecular complexity index is 450. The maximum atomic E-state index is 10.5. The molecule has 0 radical (unpaired) electrons. The van der Waals surface area contributed by atoms with Gasteiger partial charge in [0.15, 0.2) is 0 Å². The van der Waals surface area contributed by atoms with Gasteiger partial charge in [0.05, 0.1) is 0 Å². The minimum absolute atomic E-state index is 0.297. The van der Waals surface area contributed by atoms with Gasteiger partial charge in [-0.1, -0.05) is 37.3 Å². The van der Waals surface area contributed by atoms with Crippen LogP contribution in [0.15, 0.2) is 30.3 Å². The van der Waals surface area contributed by atoms with Gasteiger partial charge in [0.25, 0.3) is 0 Å². The van der Waals surface area contributed by atoms with Crippen LogP contribution in [-0.2, 0) is 11.3 Å². The highest BCUT2D eigenvalue weighted by atomic mass is 16.4. The Balaban J connectivity index is 1.77. The lowest BCUT2D eigenvalue weighted by molar-refractivity contribution is -0.137. The fourth-order valence-electron chi connectivity index (χ4n) is 3.19. The lowest BCUT2D eigenvalue weighted by atomic mass is 10.1. The normalized spacial score (nSPS) is 20.1. The third-order valence-electron chi connectivity index (χ3n) is 4.50. The maximum Gasteiger partial charge on any atom is 0.303 e. The van der Waals surface area contributed by atoms with Gasteiger partial charge in [-0.15, -0.1) is 0 Å². The first-order valence-electron chi connectivity index (χ1n) is 8.41. The van der Waals surface area contributed by atoms with Crippen LogP contribution in [0.1, 0.15) is 38.2 Å². The van der Waals surface area contributed by atoms with E-state index >= 15 is 0 Å². The summed E-state index contributed by atoms with van der Waals surface area (Å²) in [6, 6.07) is 11.3. The molecule has 2 rings (SSSR count). The molecular formula is C18H28N2O2. The summed E-state index contributed by atoms with van der Waals surface area (Å²) in [5.74, 6) is -0.681. The minimum Gasteiger partial charge on any atom is -0.481 e. The summed E-state index contributed by atoms with van der Waals surface area (Å²) in [6.45, 7) is 7.63. The molecule has 1 aliphatic rings.